The molecule has 1 aliphatic carbocycles. The Bertz CT molecular complexity index is 242. The molecule has 2 rings (SSSR count). The van der Waals surface area contributed by atoms with E-state index in [1.807, 2.05) is 6.92 Å². The second-order valence-electron chi connectivity index (χ2n) is 4.79. The number of likely N-dealkylation sites (tertiary alicyclic amines) is 1. The summed E-state index contributed by atoms with van der Waals surface area (Å²) in [5.41, 5.74) is 0. The predicted octanol–water partition coefficient (Wildman–Crippen LogP) is 1.67. The fourth-order valence-electron chi connectivity index (χ4n) is 3.25. The summed E-state index contributed by atoms with van der Waals surface area (Å²) in [4.78, 5) is 14.2. The lowest BCUT2D eigenvalue weighted by molar-refractivity contribution is -0.152. The number of carbonyl (C=O) groups is 1. The summed E-state index contributed by atoms with van der Waals surface area (Å²) in [6.07, 6.45) is 4.72. The summed E-state index contributed by atoms with van der Waals surface area (Å²) < 4.78 is 5.17. The number of hydrogen-bond donors (Lipinski definition) is 0. The molecule has 1 heterocycles. The molecule has 0 spiro atoms. The van der Waals surface area contributed by atoms with E-state index in [0.29, 0.717) is 18.6 Å². The average molecular weight is 211 g/mol. The van der Waals surface area contributed by atoms with Crippen LogP contribution in [0.5, 0.6) is 0 Å². The first kappa shape index (κ1) is 10.9. The minimum absolute atomic E-state index is 0.0440. The van der Waals surface area contributed by atoms with E-state index in [1.54, 1.807) is 0 Å². The highest BCUT2D eigenvalue weighted by molar-refractivity contribution is 5.73. The maximum Gasteiger partial charge on any atom is 0.309 e. The van der Waals surface area contributed by atoms with Crippen LogP contribution in [0, 0.1) is 11.8 Å². The van der Waals surface area contributed by atoms with Gasteiger partial charge in [-0.15, -0.1) is 0 Å². The van der Waals surface area contributed by atoms with Crippen LogP contribution in [0.3, 0.4) is 0 Å². The van der Waals surface area contributed by atoms with Crippen molar-refractivity contribution in [1.29, 1.82) is 0 Å². The van der Waals surface area contributed by atoms with Crippen molar-refractivity contribution in [2.75, 3.05) is 20.2 Å². The molecule has 15 heavy (non-hydrogen) atoms. The van der Waals surface area contributed by atoms with Gasteiger partial charge in [0, 0.05) is 6.04 Å². The Hall–Kier alpha value is -0.570. The Morgan fingerprint density at radius 1 is 1.40 bits per heavy atom. The molecule has 2 aliphatic rings. The van der Waals surface area contributed by atoms with Gasteiger partial charge in [0.05, 0.1) is 12.5 Å². The lowest BCUT2D eigenvalue weighted by Crippen LogP contribution is -2.46. The van der Waals surface area contributed by atoms with Gasteiger partial charge in [-0.1, -0.05) is 6.42 Å². The molecule has 86 valence electrons. The standard InChI is InChI=1S/C12H21NO2/c1-3-15-12(14)10-7-8-13(2)11-6-4-5-9(10)11/h9-11H,3-8H2,1-2H3. The van der Waals surface area contributed by atoms with E-state index in [4.69, 9.17) is 4.74 Å². The van der Waals surface area contributed by atoms with Gasteiger partial charge in [0.2, 0.25) is 0 Å². The number of carbonyl (C=O) groups excluding carboxylic acids is 1. The maximum absolute atomic E-state index is 11.8. The molecule has 0 amide bonds. The van der Waals surface area contributed by atoms with E-state index in [0.717, 1.165) is 13.0 Å². The molecule has 0 radical (unpaired) electrons. The summed E-state index contributed by atoms with van der Waals surface area (Å²) >= 11 is 0. The average Bonchev–Trinajstić information content (AvgIpc) is 2.68. The number of piperidine rings is 1. The van der Waals surface area contributed by atoms with Gasteiger partial charge in [-0.25, -0.2) is 0 Å². The molecule has 0 aromatic rings. The Morgan fingerprint density at radius 2 is 2.20 bits per heavy atom. The molecule has 1 saturated carbocycles. The van der Waals surface area contributed by atoms with Gasteiger partial charge in [-0.3, -0.25) is 4.79 Å². The SMILES string of the molecule is CCOC(=O)C1CCN(C)C2CCCC12. The van der Waals surface area contributed by atoms with Crippen LogP contribution < -0.4 is 0 Å². The zero-order chi connectivity index (χ0) is 10.8. The highest BCUT2D eigenvalue weighted by Gasteiger charge is 2.43. The van der Waals surface area contributed by atoms with Crippen LogP contribution in [0.1, 0.15) is 32.6 Å². The van der Waals surface area contributed by atoms with Gasteiger partial charge in [-0.2, -0.15) is 0 Å². The fraction of sp³-hybridized carbons (Fsp3) is 0.917. The summed E-state index contributed by atoms with van der Waals surface area (Å²) in [5.74, 6) is 0.777. The van der Waals surface area contributed by atoms with E-state index in [1.165, 1.54) is 19.3 Å². The molecule has 0 bridgehead atoms. The Kier molecular flexibility index (Phi) is 3.29. The zero-order valence-corrected chi connectivity index (χ0v) is 9.74. The van der Waals surface area contributed by atoms with Gasteiger partial charge in [0.25, 0.3) is 0 Å². The number of fused-ring (bicyclic) bond motifs is 1. The third-order valence-corrected chi connectivity index (χ3v) is 4.00. The van der Waals surface area contributed by atoms with Crippen molar-refractivity contribution in [3.63, 3.8) is 0 Å². The van der Waals surface area contributed by atoms with Crippen molar-refractivity contribution in [3.05, 3.63) is 0 Å². The van der Waals surface area contributed by atoms with Gasteiger partial charge >= 0.3 is 5.97 Å². The zero-order valence-electron chi connectivity index (χ0n) is 9.74. The van der Waals surface area contributed by atoms with E-state index in [-0.39, 0.29) is 11.9 Å². The molecule has 3 nitrogen and oxygen atoms in total. The van der Waals surface area contributed by atoms with Crippen LogP contribution >= 0.6 is 0 Å². The first-order chi connectivity index (χ1) is 7.24. The predicted molar refractivity (Wildman–Crippen MR) is 58.5 cm³/mol. The molecular formula is C12H21NO2. The molecule has 3 heteroatoms. The van der Waals surface area contributed by atoms with Gasteiger partial charge < -0.3 is 9.64 Å². The normalized spacial score (nSPS) is 36.3. The third-order valence-electron chi connectivity index (χ3n) is 4.00. The first-order valence-corrected chi connectivity index (χ1v) is 6.11. The van der Waals surface area contributed by atoms with Gasteiger partial charge in [0.15, 0.2) is 0 Å². The quantitative estimate of drug-likeness (QED) is 0.651. The minimum Gasteiger partial charge on any atom is -0.466 e. The van der Waals surface area contributed by atoms with E-state index >= 15 is 0 Å². The van der Waals surface area contributed by atoms with Crippen molar-refractivity contribution in [2.45, 2.75) is 38.6 Å². The van der Waals surface area contributed by atoms with Gasteiger partial charge in [-0.05, 0) is 45.7 Å². The summed E-state index contributed by atoms with van der Waals surface area (Å²) in [6.45, 7) is 3.45. The van der Waals surface area contributed by atoms with Crippen molar-refractivity contribution in [3.8, 4) is 0 Å². The lowest BCUT2D eigenvalue weighted by Gasteiger charge is -2.39. The van der Waals surface area contributed by atoms with Crippen LogP contribution in [0.25, 0.3) is 0 Å². The van der Waals surface area contributed by atoms with Crippen LogP contribution in [0.15, 0.2) is 0 Å². The molecule has 1 aliphatic heterocycles. The van der Waals surface area contributed by atoms with Crippen molar-refractivity contribution in [1.82, 2.24) is 4.90 Å². The largest absolute Gasteiger partial charge is 0.466 e. The van der Waals surface area contributed by atoms with Crippen LogP contribution in [0.2, 0.25) is 0 Å². The van der Waals surface area contributed by atoms with Crippen LogP contribution in [-0.4, -0.2) is 37.1 Å². The minimum atomic E-state index is 0.0440. The molecule has 3 unspecified atom stereocenters. The Morgan fingerprint density at radius 3 is 2.93 bits per heavy atom. The summed E-state index contributed by atoms with van der Waals surface area (Å²) in [6, 6.07) is 0.633. The van der Waals surface area contributed by atoms with Crippen molar-refractivity contribution < 1.29 is 9.53 Å². The first-order valence-electron chi connectivity index (χ1n) is 6.11. The number of rotatable bonds is 2. The molecule has 0 aromatic carbocycles. The fourth-order valence-corrected chi connectivity index (χ4v) is 3.25. The molecular weight excluding hydrogens is 190 g/mol. The van der Waals surface area contributed by atoms with Crippen molar-refractivity contribution in [2.24, 2.45) is 11.8 Å². The second-order valence-corrected chi connectivity index (χ2v) is 4.79. The highest BCUT2D eigenvalue weighted by Crippen LogP contribution is 2.40. The Balaban J connectivity index is 2.03. The third kappa shape index (κ3) is 2.03. The Labute approximate surface area is 91.8 Å². The van der Waals surface area contributed by atoms with Crippen LogP contribution in [0.4, 0.5) is 0 Å². The van der Waals surface area contributed by atoms with E-state index in [9.17, 15) is 4.79 Å². The molecule has 1 saturated heterocycles. The summed E-state index contributed by atoms with van der Waals surface area (Å²) in [7, 11) is 2.18. The smallest absolute Gasteiger partial charge is 0.309 e. The number of hydrogen-bond acceptors (Lipinski definition) is 3. The highest BCUT2D eigenvalue weighted by atomic mass is 16.5. The number of esters is 1. The van der Waals surface area contributed by atoms with E-state index in [2.05, 4.69) is 11.9 Å². The summed E-state index contributed by atoms with van der Waals surface area (Å²) in [5, 5.41) is 0. The van der Waals surface area contributed by atoms with Crippen molar-refractivity contribution >= 4 is 5.97 Å². The molecule has 3 atom stereocenters. The van der Waals surface area contributed by atoms with E-state index < -0.39 is 0 Å². The second kappa shape index (κ2) is 4.52. The number of ether oxygens (including phenoxy) is 1. The monoisotopic (exact) mass is 211 g/mol. The molecule has 2 fully saturated rings. The van der Waals surface area contributed by atoms with Crippen LogP contribution in [-0.2, 0) is 9.53 Å². The molecule has 0 aromatic heterocycles. The number of nitrogens with zero attached hydrogens (tertiary/aromatic N) is 1. The maximum atomic E-state index is 11.8. The topological polar surface area (TPSA) is 29.5 Å². The molecule has 0 N–H and O–H groups in total. The lowest BCUT2D eigenvalue weighted by atomic mass is 9.81. The van der Waals surface area contributed by atoms with Gasteiger partial charge in [0.1, 0.15) is 0 Å².